The topological polar surface area (TPSA) is 95.1 Å². The molecule has 0 radical (unpaired) electrons. The number of rotatable bonds is 5. The number of carbonyl (C=O) groups excluding carboxylic acids is 1. The monoisotopic (exact) mass is 275 g/mol. The van der Waals surface area contributed by atoms with Gasteiger partial charge in [-0.3, -0.25) is 4.68 Å². The highest BCUT2D eigenvalue weighted by Gasteiger charge is 2.12. The molecule has 106 valence electrons. The Morgan fingerprint density at radius 1 is 1.60 bits per heavy atom. The first kappa shape index (κ1) is 13.9. The van der Waals surface area contributed by atoms with Gasteiger partial charge in [-0.1, -0.05) is 0 Å². The van der Waals surface area contributed by atoms with Crippen molar-refractivity contribution < 1.29 is 9.53 Å². The molecule has 0 aromatic carbocycles. The first-order valence-electron chi connectivity index (χ1n) is 6.18. The van der Waals surface area contributed by atoms with Crippen LogP contribution < -0.4 is 11.1 Å². The molecule has 3 N–H and O–H groups in total. The smallest absolute Gasteiger partial charge is 0.340 e. The Hall–Kier alpha value is -2.57. The summed E-state index contributed by atoms with van der Waals surface area (Å²) in [6.07, 6.45) is 5.05. The number of hydrogen-bond donors (Lipinski definition) is 2. The van der Waals surface area contributed by atoms with Crippen molar-refractivity contribution in [2.24, 2.45) is 0 Å². The van der Waals surface area contributed by atoms with Gasteiger partial charge in [-0.25, -0.2) is 9.78 Å². The predicted molar refractivity (Wildman–Crippen MR) is 75.3 cm³/mol. The van der Waals surface area contributed by atoms with Crippen LogP contribution in [0.5, 0.6) is 0 Å². The second kappa shape index (κ2) is 6.05. The number of anilines is 2. The van der Waals surface area contributed by atoms with Crippen LogP contribution in [-0.4, -0.2) is 33.9 Å². The predicted octanol–water partition coefficient (Wildman–Crippen LogP) is 1.15. The summed E-state index contributed by atoms with van der Waals surface area (Å²) in [7, 11) is 1.32. The maximum absolute atomic E-state index is 11.6. The molecule has 7 heteroatoms. The van der Waals surface area contributed by atoms with E-state index in [0.29, 0.717) is 23.6 Å². The molecule has 0 spiro atoms. The van der Waals surface area contributed by atoms with Gasteiger partial charge in [0.05, 0.1) is 31.1 Å². The summed E-state index contributed by atoms with van der Waals surface area (Å²) < 4.78 is 6.49. The van der Waals surface area contributed by atoms with Crippen LogP contribution in [-0.2, 0) is 11.3 Å². The minimum atomic E-state index is -0.479. The Balaban J connectivity index is 2.07. The van der Waals surface area contributed by atoms with Crippen molar-refractivity contribution >= 4 is 17.5 Å². The molecule has 0 bridgehead atoms. The lowest BCUT2D eigenvalue weighted by atomic mass is 10.2. The maximum Gasteiger partial charge on any atom is 0.340 e. The Morgan fingerprint density at radius 3 is 3.05 bits per heavy atom. The highest BCUT2D eigenvalue weighted by atomic mass is 16.5. The zero-order valence-corrected chi connectivity index (χ0v) is 11.4. The fraction of sp³-hybridized carbons (Fsp3) is 0.308. The van der Waals surface area contributed by atoms with Gasteiger partial charge in [0.25, 0.3) is 0 Å². The summed E-state index contributed by atoms with van der Waals surface area (Å²) in [6, 6.07) is 3.54. The van der Waals surface area contributed by atoms with Gasteiger partial charge in [-0.05, 0) is 19.1 Å². The van der Waals surface area contributed by atoms with Crippen molar-refractivity contribution in [3.63, 3.8) is 0 Å². The standard InChI is InChI=1S/C13H17N5O2/c1-9(8-18-5-3-4-16-18)17-12-6-10(13(19)20-2)11(14)7-15-12/h3-7,9H,8,14H2,1-2H3,(H,15,17). The highest BCUT2D eigenvalue weighted by molar-refractivity contribution is 5.95. The molecule has 0 saturated heterocycles. The average Bonchev–Trinajstić information content (AvgIpc) is 2.92. The third kappa shape index (κ3) is 3.25. The number of hydrogen-bond acceptors (Lipinski definition) is 6. The maximum atomic E-state index is 11.6. The first-order chi connectivity index (χ1) is 9.60. The number of carbonyl (C=O) groups is 1. The molecule has 0 aliphatic rings. The van der Waals surface area contributed by atoms with Gasteiger partial charge >= 0.3 is 5.97 Å². The zero-order chi connectivity index (χ0) is 14.5. The molecule has 7 nitrogen and oxygen atoms in total. The third-order valence-electron chi connectivity index (χ3n) is 2.75. The molecule has 0 saturated carbocycles. The third-order valence-corrected chi connectivity index (χ3v) is 2.75. The second-order valence-electron chi connectivity index (χ2n) is 4.42. The van der Waals surface area contributed by atoms with Gasteiger partial charge in [-0.2, -0.15) is 5.10 Å². The van der Waals surface area contributed by atoms with Crippen molar-refractivity contribution in [3.8, 4) is 0 Å². The van der Waals surface area contributed by atoms with E-state index in [9.17, 15) is 4.79 Å². The van der Waals surface area contributed by atoms with Gasteiger partial charge < -0.3 is 15.8 Å². The normalized spacial score (nSPS) is 11.9. The number of aromatic nitrogens is 3. The molecule has 1 unspecified atom stereocenters. The molecule has 0 amide bonds. The largest absolute Gasteiger partial charge is 0.465 e. The number of nitrogens with one attached hydrogen (secondary N) is 1. The molecule has 2 rings (SSSR count). The van der Waals surface area contributed by atoms with Crippen molar-refractivity contribution in [2.75, 3.05) is 18.2 Å². The van der Waals surface area contributed by atoms with E-state index < -0.39 is 5.97 Å². The van der Waals surface area contributed by atoms with E-state index in [2.05, 4.69) is 20.1 Å². The van der Waals surface area contributed by atoms with E-state index in [0.717, 1.165) is 0 Å². The van der Waals surface area contributed by atoms with Gasteiger partial charge in [0.2, 0.25) is 0 Å². The molecule has 2 heterocycles. The number of nitrogens with two attached hydrogens (primary N) is 1. The second-order valence-corrected chi connectivity index (χ2v) is 4.42. The first-order valence-corrected chi connectivity index (χ1v) is 6.18. The van der Waals surface area contributed by atoms with Crippen LogP contribution >= 0.6 is 0 Å². The minimum Gasteiger partial charge on any atom is -0.465 e. The van der Waals surface area contributed by atoms with Crippen LogP contribution in [0.4, 0.5) is 11.5 Å². The SMILES string of the molecule is COC(=O)c1cc(NC(C)Cn2cccn2)ncc1N. The Morgan fingerprint density at radius 2 is 2.40 bits per heavy atom. The summed E-state index contributed by atoms with van der Waals surface area (Å²) in [5, 5.41) is 7.32. The van der Waals surface area contributed by atoms with E-state index >= 15 is 0 Å². The van der Waals surface area contributed by atoms with Gasteiger partial charge in [-0.15, -0.1) is 0 Å². The number of ether oxygens (including phenoxy) is 1. The average molecular weight is 275 g/mol. The fourth-order valence-electron chi connectivity index (χ4n) is 1.82. The lowest BCUT2D eigenvalue weighted by Gasteiger charge is -2.15. The number of pyridine rings is 1. The summed E-state index contributed by atoms with van der Waals surface area (Å²) in [6.45, 7) is 2.68. The van der Waals surface area contributed by atoms with Crippen LogP contribution in [0.25, 0.3) is 0 Å². The van der Waals surface area contributed by atoms with Crippen LogP contribution in [0.1, 0.15) is 17.3 Å². The van der Waals surface area contributed by atoms with Crippen molar-refractivity contribution in [3.05, 3.63) is 36.3 Å². The summed E-state index contributed by atoms with van der Waals surface area (Å²) in [4.78, 5) is 15.7. The van der Waals surface area contributed by atoms with Gasteiger partial charge in [0.15, 0.2) is 0 Å². The molecule has 0 aliphatic carbocycles. The highest BCUT2D eigenvalue weighted by Crippen LogP contribution is 2.16. The lowest BCUT2D eigenvalue weighted by molar-refractivity contribution is 0.0602. The molecule has 20 heavy (non-hydrogen) atoms. The molecular formula is C13H17N5O2. The van der Waals surface area contributed by atoms with Crippen molar-refractivity contribution in [1.29, 1.82) is 0 Å². The number of nitrogens with zero attached hydrogens (tertiary/aromatic N) is 3. The summed E-state index contributed by atoms with van der Waals surface area (Å²) in [5.74, 6) is 0.0898. The molecule has 2 aromatic heterocycles. The van der Waals surface area contributed by atoms with E-state index in [1.807, 2.05) is 23.9 Å². The molecule has 0 fully saturated rings. The summed E-state index contributed by atoms with van der Waals surface area (Å²) in [5.41, 5.74) is 6.30. The number of methoxy groups -OCH3 is 1. The quantitative estimate of drug-likeness (QED) is 0.795. The van der Waals surface area contributed by atoms with Crippen molar-refractivity contribution in [2.45, 2.75) is 19.5 Å². The molecule has 0 aliphatic heterocycles. The summed E-state index contributed by atoms with van der Waals surface area (Å²) >= 11 is 0. The van der Waals surface area contributed by atoms with E-state index in [1.54, 1.807) is 12.3 Å². The van der Waals surface area contributed by atoms with Crippen LogP contribution in [0.3, 0.4) is 0 Å². The Kier molecular flexibility index (Phi) is 4.19. The van der Waals surface area contributed by atoms with E-state index in [-0.39, 0.29) is 6.04 Å². The minimum absolute atomic E-state index is 0.0940. The zero-order valence-electron chi connectivity index (χ0n) is 11.4. The van der Waals surface area contributed by atoms with E-state index in [4.69, 9.17) is 5.73 Å². The van der Waals surface area contributed by atoms with Crippen LogP contribution in [0, 0.1) is 0 Å². The molecular weight excluding hydrogens is 258 g/mol. The van der Waals surface area contributed by atoms with E-state index in [1.165, 1.54) is 13.3 Å². The fourth-order valence-corrected chi connectivity index (χ4v) is 1.82. The number of nitrogen functional groups attached to an aromatic ring is 1. The molecule has 2 aromatic rings. The van der Waals surface area contributed by atoms with Crippen LogP contribution in [0.15, 0.2) is 30.7 Å². The molecule has 1 atom stereocenters. The van der Waals surface area contributed by atoms with Crippen molar-refractivity contribution in [1.82, 2.24) is 14.8 Å². The van der Waals surface area contributed by atoms with Crippen LogP contribution in [0.2, 0.25) is 0 Å². The van der Waals surface area contributed by atoms with Gasteiger partial charge in [0.1, 0.15) is 5.82 Å². The van der Waals surface area contributed by atoms with Gasteiger partial charge in [0, 0.05) is 18.4 Å². The Bertz CT molecular complexity index is 582. The Labute approximate surface area is 116 Å². The lowest BCUT2D eigenvalue weighted by Crippen LogP contribution is -2.23. The number of esters is 1.